The third kappa shape index (κ3) is 5.77. The zero-order chi connectivity index (χ0) is 20.1. The summed E-state index contributed by atoms with van der Waals surface area (Å²) in [4.78, 5) is 31.1. The molecule has 2 amide bonds. The summed E-state index contributed by atoms with van der Waals surface area (Å²) in [5.41, 5.74) is 0.976. The molecule has 2 fully saturated rings. The van der Waals surface area contributed by atoms with E-state index in [9.17, 15) is 14.0 Å². The van der Waals surface area contributed by atoms with E-state index >= 15 is 0 Å². The van der Waals surface area contributed by atoms with E-state index in [1.54, 1.807) is 12.1 Å². The van der Waals surface area contributed by atoms with Crippen LogP contribution in [0.5, 0.6) is 0 Å². The Kier molecular flexibility index (Phi) is 7.05. The third-order valence-electron chi connectivity index (χ3n) is 5.85. The van der Waals surface area contributed by atoms with Crippen LogP contribution in [0.4, 0.5) is 4.39 Å². The Bertz CT molecular complexity index is 661. The summed E-state index contributed by atoms with van der Waals surface area (Å²) >= 11 is 0. The van der Waals surface area contributed by atoms with E-state index in [0.29, 0.717) is 44.3 Å². The van der Waals surface area contributed by atoms with Crippen molar-refractivity contribution in [1.29, 1.82) is 0 Å². The van der Waals surface area contributed by atoms with Crippen LogP contribution in [-0.2, 0) is 16.0 Å². The number of hydrogen-bond acceptors (Lipinski definition) is 3. The van der Waals surface area contributed by atoms with Crippen molar-refractivity contribution in [2.75, 3.05) is 45.8 Å². The average molecular weight is 390 g/mol. The molecule has 0 spiro atoms. The van der Waals surface area contributed by atoms with Crippen molar-refractivity contribution in [3.05, 3.63) is 35.6 Å². The van der Waals surface area contributed by atoms with Crippen LogP contribution in [0.1, 0.15) is 32.3 Å². The van der Waals surface area contributed by atoms with Crippen LogP contribution in [0.25, 0.3) is 0 Å². The van der Waals surface area contributed by atoms with Gasteiger partial charge in [-0.2, -0.15) is 0 Å². The van der Waals surface area contributed by atoms with E-state index in [-0.39, 0.29) is 17.6 Å². The van der Waals surface area contributed by atoms with Crippen LogP contribution in [0, 0.1) is 17.7 Å². The fraction of sp³-hybridized carbons (Fsp3) is 0.636. The predicted octanol–water partition coefficient (Wildman–Crippen LogP) is 2.41. The first-order valence-corrected chi connectivity index (χ1v) is 10.4. The zero-order valence-corrected chi connectivity index (χ0v) is 17.1. The maximum Gasteiger partial charge on any atom is 0.236 e. The quantitative estimate of drug-likeness (QED) is 0.777. The molecule has 0 saturated carbocycles. The van der Waals surface area contributed by atoms with Crippen molar-refractivity contribution in [2.45, 2.75) is 33.1 Å². The molecule has 1 aromatic rings. The Balaban J connectivity index is 1.39. The molecule has 0 bridgehead atoms. The van der Waals surface area contributed by atoms with Gasteiger partial charge in [0.2, 0.25) is 11.8 Å². The van der Waals surface area contributed by atoms with E-state index in [1.165, 1.54) is 18.6 Å². The van der Waals surface area contributed by atoms with Gasteiger partial charge in [-0.3, -0.25) is 14.5 Å². The highest BCUT2D eigenvalue weighted by atomic mass is 19.1. The Morgan fingerprint density at radius 3 is 2.14 bits per heavy atom. The largest absolute Gasteiger partial charge is 0.341 e. The van der Waals surface area contributed by atoms with Crippen molar-refractivity contribution in [3.63, 3.8) is 0 Å². The highest BCUT2D eigenvalue weighted by Crippen LogP contribution is 2.21. The maximum absolute atomic E-state index is 13.0. The smallest absolute Gasteiger partial charge is 0.236 e. The molecule has 6 heteroatoms. The molecule has 2 saturated heterocycles. The lowest BCUT2D eigenvalue weighted by Gasteiger charge is -2.38. The van der Waals surface area contributed by atoms with E-state index in [0.717, 1.165) is 31.7 Å². The molecule has 2 heterocycles. The van der Waals surface area contributed by atoms with Gasteiger partial charge in [0, 0.05) is 45.7 Å². The van der Waals surface area contributed by atoms with Crippen LogP contribution in [-0.4, -0.2) is 72.3 Å². The van der Waals surface area contributed by atoms with E-state index in [1.807, 2.05) is 9.80 Å². The highest BCUT2D eigenvalue weighted by Gasteiger charge is 2.28. The number of piperidine rings is 1. The number of aryl methyl sites for hydroxylation is 1. The standard InChI is InChI=1S/C22H32FN3O2/c1-17-13-18(2)15-26(14-17)22(28)16-24-9-11-25(12-10-24)21(27)8-5-19-3-6-20(23)7-4-19/h3-4,6-7,17-18H,5,8-16H2,1-2H3. The molecule has 154 valence electrons. The summed E-state index contributed by atoms with van der Waals surface area (Å²) < 4.78 is 13.0. The lowest BCUT2D eigenvalue weighted by atomic mass is 9.92. The summed E-state index contributed by atoms with van der Waals surface area (Å²) in [5.74, 6) is 1.24. The Morgan fingerprint density at radius 2 is 1.54 bits per heavy atom. The van der Waals surface area contributed by atoms with Crippen LogP contribution in [0.3, 0.4) is 0 Å². The molecule has 0 aromatic heterocycles. The van der Waals surface area contributed by atoms with Gasteiger partial charge in [0.25, 0.3) is 0 Å². The fourth-order valence-electron chi connectivity index (χ4n) is 4.37. The number of nitrogens with zero attached hydrogens (tertiary/aromatic N) is 3. The zero-order valence-electron chi connectivity index (χ0n) is 17.1. The molecular formula is C22H32FN3O2. The maximum atomic E-state index is 13.0. The van der Waals surface area contributed by atoms with Gasteiger partial charge in [-0.1, -0.05) is 26.0 Å². The summed E-state index contributed by atoms with van der Waals surface area (Å²) in [6.45, 7) is 9.44. The van der Waals surface area contributed by atoms with E-state index in [2.05, 4.69) is 18.7 Å². The number of rotatable bonds is 5. The van der Waals surface area contributed by atoms with Gasteiger partial charge in [0.1, 0.15) is 5.82 Å². The number of piperazine rings is 1. The molecular weight excluding hydrogens is 357 g/mol. The molecule has 0 aliphatic carbocycles. The first-order valence-electron chi connectivity index (χ1n) is 10.4. The predicted molar refractivity (Wildman–Crippen MR) is 107 cm³/mol. The van der Waals surface area contributed by atoms with Crippen LogP contribution in [0.15, 0.2) is 24.3 Å². The Hall–Kier alpha value is -1.95. The summed E-state index contributed by atoms with van der Waals surface area (Å²) in [5, 5.41) is 0. The SMILES string of the molecule is CC1CC(C)CN(C(=O)CN2CCN(C(=O)CCc3ccc(F)cc3)CC2)C1. The Labute approximate surface area is 167 Å². The second-order valence-electron chi connectivity index (χ2n) is 8.53. The van der Waals surface area contributed by atoms with Crippen molar-refractivity contribution < 1.29 is 14.0 Å². The number of amides is 2. The number of benzene rings is 1. The molecule has 2 aliphatic rings. The van der Waals surface area contributed by atoms with Gasteiger partial charge in [-0.05, 0) is 42.4 Å². The molecule has 2 atom stereocenters. The van der Waals surface area contributed by atoms with Crippen LogP contribution >= 0.6 is 0 Å². The van der Waals surface area contributed by atoms with Gasteiger partial charge in [-0.25, -0.2) is 4.39 Å². The monoisotopic (exact) mass is 389 g/mol. The van der Waals surface area contributed by atoms with Crippen LogP contribution in [0.2, 0.25) is 0 Å². The second-order valence-corrected chi connectivity index (χ2v) is 8.53. The molecule has 28 heavy (non-hydrogen) atoms. The Morgan fingerprint density at radius 1 is 0.929 bits per heavy atom. The van der Waals surface area contributed by atoms with Crippen molar-refractivity contribution in [1.82, 2.24) is 14.7 Å². The number of carbonyl (C=O) groups excluding carboxylic acids is 2. The number of halogens is 1. The van der Waals surface area contributed by atoms with E-state index < -0.39 is 0 Å². The molecule has 0 N–H and O–H groups in total. The highest BCUT2D eigenvalue weighted by molar-refractivity contribution is 5.79. The molecule has 1 aromatic carbocycles. The number of hydrogen-bond donors (Lipinski definition) is 0. The average Bonchev–Trinajstić information content (AvgIpc) is 2.67. The molecule has 2 aliphatic heterocycles. The summed E-state index contributed by atoms with van der Waals surface area (Å²) in [6.07, 6.45) is 2.26. The van der Waals surface area contributed by atoms with Crippen molar-refractivity contribution in [3.8, 4) is 0 Å². The van der Waals surface area contributed by atoms with Crippen LogP contribution < -0.4 is 0 Å². The van der Waals surface area contributed by atoms with E-state index in [4.69, 9.17) is 0 Å². The lowest BCUT2D eigenvalue weighted by molar-refractivity contribution is -0.136. The lowest BCUT2D eigenvalue weighted by Crippen LogP contribution is -2.53. The summed E-state index contributed by atoms with van der Waals surface area (Å²) in [6, 6.07) is 6.32. The van der Waals surface area contributed by atoms with Gasteiger partial charge in [-0.15, -0.1) is 0 Å². The summed E-state index contributed by atoms with van der Waals surface area (Å²) in [7, 11) is 0. The molecule has 0 radical (unpaired) electrons. The first kappa shape index (κ1) is 20.8. The normalized spacial score (nSPS) is 23.7. The van der Waals surface area contributed by atoms with Gasteiger partial charge in [0.15, 0.2) is 0 Å². The van der Waals surface area contributed by atoms with Crippen molar-refractivity contribution in [2.24, 2.45) is 11.8 Å². The third-order valence-corrected chi connectivity index (χ3v) is 5.85. The fourth-order valence-corrected chi connectivity index (χ4v) is 4.37. The second kappa shape index (κ2) is 9.50. The van der Waals surface area contributed by atoms with Gasteiger partial charge in [0.05, 0.1) is 6.54 Å². The minimum Gasteiger partial charge on any atom is -0.341 e. The van der Waals surface area contributed by atoms with Crippen molar-refractivity contribution >= 4 is 11.8 Å². The van der Waals surface area contributed by atoms with Gasteiger partial charge < -0.3 is 9.80 Å². The number of carbonyl (C=O) groups is 2. The number of likely N-dealkylation sites (tertiary alicyclic amines) is 1. The van der Waals surface area contributed by atoms with Gasteiger partial charge >= 0.3 is 0 Å². The minimum atomic E-state index is -0.255. The topological polar surface area (TPSA) is 43.9 Å². The molecule has 5 nitrogen and oxygen atoms in total. The first-order chi connectivity index (χ1) is 13.4. The molecule has 2 unspecified atom stereocenters. The minimum absolute atomic E-state index is 0.133. The molecule has 3 rings (SSSR count).